The zero-order valence-electron chi connectivity index (χ0n) is 15.1. The van der Waals surface area contributed by atoms with Gasteiger partial charge in [-0.15, -0.1) is 0 Å². The summed E-state index contributed by atoms with van der Waals surface area (Å²) in [5.74, 6) is -0.340. The molecule has 0 saturated carbocycles. The molecule has 0 bridgehead atoms. The number of fused-ring (bicyclic) bond motifs is 1. The number of H-pyrrole nitrogens is 1. The van der Waals surface area contributed by atoms with E-state index in [9.17, 15) is 9.59 Å². The van der Waals surface area contributed by atoms with Gasteiger partial charge in [-0.05, 0) is 39.2 Å². The SMILES string of the molecule is Cn1cc(Cl)cc1C(=O)N1Cc2ccccc2C(NC(=O)c2cc(Br)c[nH]2)C1. The molecule has 28 heavy (non-hydrogen) atoms. The van der Waals surface area contributed by atoms with Crippen LogP contribution in [-0.2, 0) is 13.6 Å². The second kappa shape index (κ2) is 7.48. The number of carbonyl (C=O) groups is 2. The van der Waals surface area contributed by atoms with Gasteiger partial charge in [0.15, 0.2) is 0 Å². The van der Waals surface area contributed by atoms with Crippen molar-refractivity contribution in [2.45, 2.75) is 12.6 Å². The first-order valence-corrected chi connectivity index (χ1v) is 9.93. The van der Waals surface area contributed by atoms with Crippen LogP contribution < -0.4 is 5.32 Å². The summed E-state index contributed by atoms with van der Waals surface area (Å²) in [5.41, 5.74) is 3.01. The van der Waals surface area contributed by atoms with E-state index >= 15 is 0 Å². The smallest absolute Gasteiger partial charge is 0.270 e. The number of carbonyl (C=O) groups excluding carboxylic acids is 2. The zero-order chi connectivity index (χ0) is 19.8. The van der Waals surface area contributed by atoms with Crippen molar-refractivity contribution in [3.05, 3.63) is 80.8 Å². The van der Waals surface area contributed by atoms with Crippen LogP contribution in [0.3, 0.4) is 0 Å². The summed E-state index contributed by atoms with van der Waals surface area (Å²) >= 11 is 9.38. The van der Waals surface area contributed by atoms with Crippen LogP contribution >= 0.6 is 27.5 Å². The molecule has 0 aliphatic carbocycles. The standard InChI is InChI=1S/C20H18BrClN4O2/c1-25-10-14(22)7-18(25)20(28)26-9-12-4-2-3-5-15(12)17(11-26)24-19(27)16-6-13(21)8-23-16/h2-8,10,17,23H,9,11H2,1H3,(H,24,27). The first-order valence-electron chi connectivity index (χ1n) is 8.76. The lowest BCUT2D eigenvalue weighted by molar-refractivity contribution is 0.0683. The average molecular weight is 462 g/mol. The van der Waals surface area contributed by atoms with Gasteiger partial charge in [0.05, 0.1) is 11.1 Å². The van der Waals surface area contributed by atoms with Crippen molar-refractivity contribution in [2.24, 2.45) is 7.05 Å². The Morgan fingerprint density at radius 2 is 2.07 bits per heavy atom. The van der Waals surface area contributed by atoms with Crippen LogP contribution in [-0.4, -0.2) is 32.8 Å². The van der Waals surface area contributed by atoms with Gasteiger partial charge >= 0.3 is 0 Å². The second-order valence-corrected chi connectivity index (χ2v) is 8.15. The molecule has 0 spiro atoms. The highest BCUT2D eigenvalue weighted by molar-refractivity contribution is 9.10. The molecule has 4 rings (SSSR count). The number of rotatable bonds is 3. The first-order chi connectivity index (χ1) is 13.4. The molecule has 0 radical (unpaired) electrons. The number of nitrogens with zero attached hydrogens (tertiary/aromatic N) is 2. The third kappa shape index (κ3) is 3.59. The van der Waals surface area contributed by atoms with Gasteiger partial charge in [0.1, 0.15) is 11.4 Å². The maximum absolute atomic E-state index is 13.1. The number of hydrogen-bond donors (Lipinski definition) is 2. The number of aromatic nitrogens is 2. The van der Waals surface area contributed by atoms with Crippen molar-refractivity contribution in [1.29, 1.82) is 0 Å². The van der Waals surface area contributed by atoms with Gasteiger partial charge in [-0.2, -0.15) is 0 Å². The summed E-state index contributed by atoms with van der Waals surface area (Å²) in [4.78, 5) is 30.4. The highest BCUT2D eigenvalue weighted by Crippen LogP contribution is 2.28. The molecule has 2 N–H and O–H groups in total. The number of aryl methyl sites for hydroxylation is 1. The maximum Gasteiger partial charge on any atom is 0.270 e. The highest BCUT2D eigenvalue weighted by atomic mass is 79.9. The number of amides is 2. The van der Waals surface area contributed by atoms with Crippen LogP contribution in [0.1, 0.15) is 38.1 Å². The number of benzene rings is 1. The van der Waals surface area contributed by atoms with Crippen molar-refractivity contribution >= 4 is 39.3 Å². The Morgan fingerprint density at radius 1 is 1.29 bits per heavy atom. The van der Waals surface area contributed by atoms with E-state index in [1.165, 1.54) is 0 Å². The lowest BCUT2D eigenvalue weighted by Gasteiger charge is -2.35. The Hall–Kier alpha value is -2.51. The molecule has 6 nitrogen and oxygen atoms in total. The number of halogens is 2. The molecule has 0 fully saturated rings. The van der Waals surface area contributed by atoms with E-state index in [0.29, 0.717) is 29.5 Å². The van der Waals surface area contributed by atoms with Gasteiger partial charge in [-0.1, -0.05) is 35.9 Å². The van der Waals surface area contributed by atoms with Gasteiger partial charge in [0, 0.05) is 37.0 Å². The summed E-state index contributed by atoms with van der Waals surface area (Å²) in [6.07, 6.45) is 3.41. The fourth-order valence-corrected chi connectivity index (χ4v) is 4.11. The van der Waals surface area contributed by atoms with E-state index < -0.39 is 0 Å². The normalized spacial score (nSPS) is 16.0. The Bertz CT molecular complexity index is 1060. The molecule has 2 aromatic heterocycles. The van der Waals surface area contributed by atoms with E-state index in [0.717, 1.165) is 15.6 Å². The molecular formula is C20H18BrClN4O2. The molecule has 8 heteroatoms. The lowest BCUT2D eigenvalue weighted by atomic mass is 9.95. The van der Waals surface area contributed by atoms with E-state index in [1.807, 2.05) is 24.3 Å². The Labute approximate surface area is 175 Å². The quantitative estimate of drug-likeness (QED) is 0.621. The predicted octanol–water partition coefficient (Wildman–Crippen LogP) is 3.90. The van der Waals surface area contributed by atoms with Crippen LogP contribution in [0.2, 0.25) is 5.02 Å². The number of nitrogens with one attached hydrogen (secondary N) is 2. The predicted molar refractivity (Wildman–Crippen MR) is 110 cm³/mol. The van der Waals surface area contributed by atoms with Crippen molar-refractivity contribution in [3.63, 3.8) is 0 Å². The molecule has 0 saturated heterocycles. The van der Waals surface area contributed by atoms with E-state index in [2.05, 4.69) is 26.2 Å². The van der Waals surface area contributed by atoms with Gasteiger partial charge in [-0.3, -0.25) is 9.59 Å². The van der Waals surface area contributed by atoms with Gasteiger partial charge < -0.3 is 19.8 Å². The minimum atomic E-state index is -0.306. The fourth-order valence-electron chi connectivity index (χ4n) is 3.52. The molecule has 144 valence electrons. The molecule has 1 unspecified atom stereocenters. The molecular weight excluding hydrogens is 444 g/mol. The number of hydrogen-bond acceptors (Lipinski definition) is 2. The van der Waals surface area contributed by atoms with Crippen molar-refractivity contribution in [3.8, 4) is 0 Å². The van der Waals surface area contributed by atoms with Gasteiger partial charge in [0.2, 0.25) is 0 Å². The highest BCUT2D eigenvalue weighted by Gasteiger charge is 2.31. The largest absolute Gasteiger partial charge is 0.356 e. The van der Waals surface area contributed by atoms with Gasteiger partial charge in [-0.25, -0.2) is 0 Å². The number of aromatic amines is 1. The molecule has 1 aliphatic rings. The third-order valence-corrected chi connectivity index (χ3v) is 5.53. The molecule has 3 aromatic rings. The summed E-state index contributed by atoms with van der Waals surface area (Å²) < 4.78 is 2.52. The minimum Gasteiger partial charge on any atom is -0.356 e. The van der Waals surface area contributed by atoms with E-state index in [1.54, 1.807) is 41.0 Å². The van der Waals surface area contributed by atoms with Crippen molar-refractivity contribution < 1.29 is 9.59 Å². The van der Waals surface area contributed by atoms with Crippen LogP contribution in [0.4, 0.5) is 0 Å². The van der Waals surface area contributed by atoms with E-state index in [-0.39, 0.29) is 17.9 Å². The maximum atomic E-state index is 13.1. The van der Waals surface area contributed by atoms with Crippen molar-refractivity contribution in [1.82, 2.24) is 19.8 Å². The average Bonchev–Trinajstić information content (AvgIpc) is 3.25. The summed E-state index contributed by atoms with van der Waals surface area (Å²) in [6, 6.07) is 10.9. The molecule has 3 heterocycles. The lowest BCUT2D eigenvalue weighted by Crippen LogP contribution is -2.44. The van der Waals surface area contributed by atoms with Crippen LogP contribution in [0.15, 0.2) is 53.3 Å². The molecule has 1 aromatic carbocycles. The molecule has 1 atom stereocenters. The molecule has 1 aliphatic heterocycles. The third-order valence-electron chi connectivity index (χ3n) is 4.87. The Kier molecular flexibility index (Phi) is 5.03. The molecule has 2 amide bonds. The first kappa shape index (κ1) is 18.8. The van der Waals surface area contributed by atoms with E-state index in [4.69, 9.17) is 11.6 Å². The topological polar surface area (TPSA) is 70.1 Å². The Morgan fingerprint density at radius 3 is 2.75 bits per heavy atom. The minimum absolute atomic E-state index is 0.120. The monoisotopic (exact) mass is 460 g/mol. The van der Waals surface area contributed by atoms with Crippen molar-refractivity contribution in [2.75, 3.05) is 6.54 Å². The van der Waals surface area contributed by atoms with Crippen LogP contribution in [0.25, 0.3) is 0 Å². The van der Waals surface area contributed by atoms with Crippen LogP contribution in [0.5, 0.6) is 0 Å². The Balaban J connectivity index is 1.61. The zero-order valence-corrected chi connectivity index (χ0v) is 17.4. The summed E-state index contributed by atoms with van der Waals surface area (Å²) in [6.45, 7) is 0.866. The van der Waals surface area contributed by atoms with Gasteiger partial charge in [0.25, 0.3) is 11.8 Å². The summed E-state index contributed by atoms with van der Waals surface area (Å²) in [7, 11) is 1.79. The fraction of sp³-hybridized carbons (Fsp3) is 0.200. The van der Waals surface area contributed by atoms with Crippen LogP contribution in [0, 0.1) is 0 Å². The second-order valence-electron chi connectivity index (χ2n) is 6.80. The summed E-state index contributed by atoms with van der Waals surface area (Å²) in [5, 5.41) is 3.56.